The van der Waals surface area contributed by atoms with Gasteiger partial charge in [-0.15, -0.1) is 0 Å². The lowest BCUT2D eigenvalue weighted by molar-refractivity contribution is 0.0595. The molecular formula is C21H23ClN2O4. The molecule has 2 aromatic rings. The second-order valence-electron chi connectivity index (χ2n) is 6.71. The van der Waals surface area contributed by atoms with E-state index in [-0.39, 0.29) is 28.3 Å². The van der Waals surface area contributed by atoms with Crippen LogP contribution in [0.4, 0.5) is 0 Å². The smallest absolute Gasteiger partial charge is 0.341 e. The average molecular weight is 403 g/mol. The summed E-state index contributed by atoms with van der Waals surface area (Å²) in [6.45, 7) is 0.745. The molecule has 0 bridgehead atoms. The Morgan fingerprint density at radius 2 is 1.89 bits per heavy atom. The molecule has 0 aromatic heterocycles. The summed E-state index contributed by atoms with van der Waals surface area (Å²) in [5.41, 5.74) is 1.57. The Kier molecular flexibility index (Phi) is 5.99. The van der Waals surface area contributed by atoms with E-state index < -0.39 is 5.97 Å². The highest BCUT2D eigenvalue weighted by Gasteiger charge is 2.27. The maximum absolute atomic E-state index is 12.1. The van der Waals surface area contributed by atoms with E-state index in [1.807, 2.05) is 37.6 Å². The molecule has 0 amide bonds. The maximum Gasteiger partial charge on any atom is 0.341 e. The van der Waals surface area contributed by atoms with Crippen molar-refractivity contribution in [2.24, 2.45) is 0 Å². The maximum atomic E-state index is 12.1. The fourth-order valence-electron chi connectivity index (χ4n) is 3.47. The molecule has 0 fully saturated rings. The Hall–Kier alpha value is -2.86. The fourth-order valence-corrected chi connectivity index (χ4v) is 3.71. The number of nitrogens with zero attached hydrogens (tertiary/aromatic N) is 2. The van der Waals surface area contributed by atoms with Gasteiger partial charge >= 0.3 is 5.97 Å². The van der Waals surface area contributed by atoms with Crippen LogP contribution in [0.2, 0.25) is 5.02 Å². The van der Waals surface area contributed by atoms with Crippen molar-refractivity contribution in [3.05, 3.63) is 70.5 Å². The number of benzene rings is 2. The van der Waals surface area contributed by atoms with Gasteiger partial charge in [0.15, 0.2) is 0 Å². The van der Waals surface area contributed by atoms with Gasteiger partial charge in [-0.2, -0.15) is 0 Å². The minimum atomic E-state index is -0.687. The summed E-state index contributed by atoms with van der Waals surface area (Å²) in [5.74, 6) is -1.29. The number of methoxy groups -OCH3 is 1. The van der Waals surface area contributed by atoms with Crippen LogP contribution in [0.1, 0.15) is 27.9 Å². The van der Waals surface area contributed by atoms with Gasteiger partial charge in [0.25, 0.3) is 0 Å². The van der Waals surface area contributed by atoms with Gasteiger partial charge in [-0.25, -0.2) is 4.79 Å². The van der Waals surface area contributed by atoms with Crippen LogP contribution in [0.25, 0.3) is 0 Å². The Labute approximate surface area is 169 Å². The first-order chi connectivity index (χ1) is 13.4. The molecule has 6 nitrogen and oxygen atoms in total. The number of ether oxygens (including phenoxy) is 1. The molecular weight excluding hydrogens is 380 g/mol. The molecule has 0 radical (unpaired) electrons. The van der Waals surface area contributed by atoms with E-state index in [4.69, 9.17) is 16.3 Å². The third kappa shape index (κ3) is 4.02. The van der Waals surface area contributed by atoms with E-state index in [0.717, 1.165) is 12.6 Å². The summed E-state index contributed by atoms with van der Waals surface area (Å²) < 4.78 is 4.77. The van der Waals surface area contributed by atoms with Gasteiger partial charge in [0.05, 0.1) is 12.1 Å². The first-order valence-electron chi connectivity index (χ1n) is 8.94. The van der Waals surface area contributed by atoms with Crippen LogP contribution >= 0.6 is 11.6 Å². The molecule has 0 saturated carbocycles. The van der Waals surface area contributed by atoms with Crippen LogP contribution in [0.5, 0.6) is 11.5 Å². The second-order valence-corrected chi connectivity index (χ2v) is 7.09. The van der Waals surface area contributed by atoms with Gasteiger partial charge in [0.1, 0.15) is 23.2 Å². The van der Waals surface area contributed by atoms with E-state index in [1.54, 1.807) is 0 Å². The van der Waals surface area contributed by atoms with Gasteiger partial charge in [-0.05, 0) is 24.0 Å². The van der Waals surface area contributed by atoms with Gasteiger partial charge < -0.3 is 24.7 Å². The molecule has 0 aliphatic carbocycles. The minimum absolute atomic E-state index is 0.00600. The molecule has 1 atom stereocenters. The SMILES string of the molecule is COC(=O)c1c(O)cc(O)c(Cl)c1CCC1N(C)C=CN1Cc1ccccc1. The summed E-state index contributed by atoms with van der Waals surface area (Å²) in [7, 11) is 3.22. The van der Waals surface area contributed by atoms with Crippen molar-refractivity contribution >= 4 is 17.6 Å². The predicted octanol–water partition coefficient (Wildman–Crippen LogP) is 3.72. The molecule has 2 N–H and O–H groups in total. The number of hydrogen-bond acceptors (Lipinski definition) is 6. The van der Waals surface area contributed by atoms with E-state index >= 15 is 0 Å². The number of carbonyl (C=O) groups is 1. The lowest BCUT2D eigenvalue weighted by Crippen LogP contribution is -2.36. The molecule has 1 aliphatic heterocycles. The van der Waals surface area contributed by atoms with Crippen molar-refractivity contribution in [2.75, 3.05) is 14.2 Å². The van der Waals surface area contributed by atoms with Crippen molar-refractivity contribution in [3.63, 3.8) is 0 Å². The molecule has 0 spiro atoms. The standard InChI is InChI=1S/C21H23ClN2O4/c1-23-10-11-24(13-14-6-4-3-5-7-14)18(23)9-8-15-19(21(27)28-2)16(25)12-17(26)20(15)22/h3-7,10-12,18,25-26H,8-9,13H2,1-2H3. The first kappa shape index (κ1) is 19.9. The van der Waals surface area contributed by atoms with Crippen molar-refractivity contribution in [1.82, 2.24) is 9.80 Å². The summed E-state index contributed by atoms with van der Waals surface area (Å²) >= 11 is 6.25. The molecule has 7 heteroatoms. The first-order valence-corrected chi connectivity index (χ1v) is 9.31. The number of aromatic hydroxyl groups is 2. The minimum Gasteiger partial charge on any atom is -0.507 e. The molecule has 3 rings (SSSR count). The molecule has 0 saturated heterocycles. The van der Waals surface area contributed by atoms with Crippen LogP contribution in [0.15, 0.2) is 48.8 Å². The van der Waals surface area contributed by atoms with Crippen LogP contribution < -0.4 is 0 Å². The number of phenolic OH excluding ortho intramolecular Hbond substituents is 2. The topological polar surface area (TPSA) is 73.2 Å². The molecule has 1 unspecified atom stereocenters. The Bertz CT molecular complexity index is 886. The second kappa shape index (κ2) is 8.44. The zero-order valence-corrected chi connectivity index (χ0v) is 16.6. The number of carbonyl (C=O) groups excluding carboxylic acids is 1. The fraction of sp³-hybridized carbons (Fsp3) is 0.286. The summed E-state index contributed by atoms with van der Waals surface area (Å²) in [6.07, 6.45) is 5.08. The number of phenols is 2. The third-order valence-electron chi connectivity index (χ3n) is 4.92. The molecule has 28 heavy (non-hydrogen) atoms. The molecule has 148 valence electrons. The summed E-state index contributed by atoms with van der Waals surface area (Å²) in [6, 6.07) is 11.2. The highest BCUT2D eigenvalue weighted by Crippen LogP contribution is 2.38. The third-order valence-corrected chi connectivity index (χ3v) is 5.34. The van der Waals surface area contributed by atoms with E-state index in [1.165, 1.54) is 12.7 Å². The predicted molar refractivity (Wildman–Crippen MR) is 107 cm³/mol. The Balaban J connectivity index is 1.81. The van der Waals surface area contributed by atoms with Crippen LogP contribution in [0, 0.1) is 0 Å². The number of halogens is 1. The van der Waals surface area contributed by atoms with E-state index in [2.05, 4.69) is 21.9 Å². The lowest BCUT2D eigenvalue weighted by Gasteiger charge is -2.31. The molecule has 1 heterocycles. The summed E-state index contributed by atoms with van der Waals surface area (Å²) in [5, 5.41) is 20.2. The highest BCUT2D eigenvalue weighted by atomic mass is 35.5. The van der Waals surface area contributed by atoms with E-state index in [9.17, 15) is 15.0 Å². The van der Waals surface area contributed by atoms with E-state index in [0.29, 0.717) is 18.4 Å². The van der Waals surface area contributed by atoms with Gasteiger partial charge in [0, 0.05) is 32.1 Å². The van der Waals surface area contributed by atoms with Crippen molar-refractivity contribution in [2.45, 2.75) is 25.6 Å². The van der Waals surface area contributed by atoms with Crippen LogP contribution in [-0.4, -0.2) is 46.3 Å². The average Bonchev–Trinajstić information content (AvgIpc) is 3.03. The van der Waals surface area contributed by atoms with Gasteiger partial charge in [-0.3, -0.25) is 0 Å². The number of hydrogen-bond donors (Lipinski definition) is 2. The normalized spacial score (nSPS) is 15.9. The quantitative estimate of drug-likeness (QED) is 0.717. The van der Waals surface area contributed by atoms with Crippen LogP contribution in [-0.2, 0) is 17.7 Å². The van der Waals surface area contributed by atoms with Crippen molar-refractivity contribution in [3.8, 4) is 11.5 Å². The molecule has 2 aromatic carbocycles. The summed E-state index contributed by atoms with van der Waals surface area (Å²) in [4.78, 5) is 16.4. The van der Waals surface area contributed by atoms with Crippen molar-refractivity contribution < 1.29 is 19.7 Å². The highest BCUT2D eigenvalue weighted by molar-refractivity contribution is 6.33. The monoisotopic (exact) mass is 402 g/mol. The van der Waals surface area contributed by atoms with Gasteiger partial charge in [-0.1, -0.05) is 41.9 Å². The zero-order chi connectivity index (χ0) is 20.3. The zero-order valence-electron chi connectivity index (χ0n) is 15.8. The van der Waals surface area contributed by atoms with Crippen molar-refractivity contribution in [1.29, 1.82) is 0 Å². The Morgan fingerprint density at radius 3 is 2.57 bits per heavy atom. The number of esters is 1. The molecule has 1 aliphatic rings. The lowest BCUT2D eigenvalue weighted by atomic mass is 9.99. The largest absolute Gasteiger partial charge is 0.507 e. The van der Waals surface area contributed by atoms with Gasteiger partial charge in [0.2, 0.25) is 0 Å². The number of rotatable bonds is 6. The van der Waals surface area contributed by atoms with Crippen LogP contribution in [0.3, 0.4) is 0 Å². The Morgan fingerprint density at radius 1 is 1.18 bits per heavy atom.